The molecular weight excluding hydrogens is 227 g/mol. The first kappa shape index (κ1) is 11.0. The van der Waals surface area contributed by atoms with Crippen molar-refractivity contribution in [2.75, 3.05) is 18.6 Å². The fourth-order valence-electron chi connectivity index (χ4n) is 1.03. The van der Waals surface area contributed by atoms with Crippen LogP contribution in [-0.2, 0) is 0 Å². The van der Waals surface area contributed by atoms with Gasteiger partial charge in [0.05, 0.1) is 12.3 Å². The lowest BCUT2D eigenvalue weighted by Gasteiger charge is -2.26. The second-order valence-corrected chi connectivity index (χ2v) is 8.05. The summed E-state index contributed by atoms with van der Waals surface area (Å²) < 4.78 is 5.21. The van der Waals surface area contributed by atoms with Crippen molar-refractivity contribution in [1.82, 2.24) is 0 Å². The Labute approximate surface area is 89.8 Å². The average molecular weight is 239 g/mol. The van der Waals surface area contributed by atoms with Gasteiger partial charge in [0.2, 0.25) is 0 Å². The van der Waals surface area contributed by atoms with Crippen molar-refractivity contribution < 1.29 is 4.74 Å². The summed E-state index contributed by atoms with van der Waals surface area (Å²) in [6.07, 6.45) is 1.96. The zero-order valence-corrected chi connectivity index (χ0v) is 9.92. The largest absolute Gasteiger partial charge is 0.496 e. The van der Waals surface area contributed by atoms with E-state index in [0.29, 0.717) is 5.21 Å². The normalized spacial score (nSPS) is 17.5. The molecule has 1 aromatic carbocycles. The number of rotatable bonds is 3. The molecule has 0 aliphatic heterocycles. The van der Waals surface area contributed by atoms with Crippen molar-refractivity contribution in [3.8, 4) is 5.75 Å². The van der Waals surface area contributed by atoms with Crippen LogP contribution in [0.3, 0.4) is 0 Å². The van der Waals surface area contributed by atoms with Crippen LogP contribution < -0.4 is 4.74 Å². The molecule has 4 heteroatoms. The Kier molecular flexibility index (Phi) is 3.77. The molecule has 0 bridgehead atoms. The van der Waals surface area contributed by atoms with E-state index in [1.165, 1.54) is 0 Å². The van der Waals surface area contributed by atoms with Gasteiger partial charge in [0, 0.05) is 4.90 Å². The summed E-state index contributed by atoms with van der Waals surface area (Å²) in [7, 11) is 6.51. The Hall–Kier alpha value is -0.0500. The molecule has 0 heterocycles. The summed E-state index contributed by atoms with van der Waals surface area (Å²) in [4.78, 5) is 1.01. The monoisotopic (exact) mass is 238 g/mol. The highest BCUT2D eigenvalue weighted by atomic mass is 35.7. The number of hydrogen-bond acceptors (Lipinski definition) is 1. The van der Waals surface area contributed by atoms with Gasteiger partial charge in [0.1, 0.15) is 5.75 Å². The van der Waals surface area contributed by atoms with Crippen LogP contribution in [0, 0.1) is 0 Å². The summed E-state index contributed by atoms with van der Waals surface area (Å²) in [6, 6.07) is 7.72. The van der Waals surface area contributed by atoms with E-state index in [-0.39, 0.29) is 0 Å². The van der Waals surface area contributed by atoms with Crippen LogP contribution in [0.2, 0.25) is 0 Å². The predicted octanol–water partition coefficient (Wildman–Crippen LogP) is 3.84. The number of alkyl halides is 1. The minimum Gasteiger partial charge on any atom is -0.496 e. The van der Waals surface area contributed by atoms with E-state index in [1.54, 1.807) is 7.11 Å². The first-order valence-electron chi connectivity index (χ1n) is 3.76. The summed E-state index contributed by atoms with van der Waals surface area (Å²) in [5, 5.41) is 0.439. The highest BCUT2D eigenvalue weighted by Gasteiger charge is 2.19. The lowest BCUT2D eigenvalue weighted by Crippen LogP contribution is -1.95. The first-order valence-corrected chi connectivity index (χ1v) is 7.33. The van der Waals surface area contributed by atoms with E-state index in [9.17, 15) is 0 Å². The number of ether oxygens (including phenoxy) is 1. The summed E-state index contributed by atoms with van der Waals surface area (Å²) >= 11 is 5.81. The van der Waals surface area contributed by atoms with E-state index in [2.05, 4.69) is 0 Å². The lowest BCUT2D eigenvalue weighted by atomic mass is 10.3. The highest BCUT2D eigenvalue weighted by Crippen LogP contribution is 2.60. The number of halogens is 2. The summed E-state index contributed by atoms with van der Waals surface area (Å²) in [5.74, 6) is 0.815. The van der Waals surface area contributed by atoms with Crippen LogP contribution in [0.1, 0.15) is 0 Å². The minimum absolute atomic E-state index is 0.439. The third-order valence-electron chi connectivity index (χ3n) is 1.73. The molecule has 1 nitrogen and oxygen atoms in total. The number of hydrogen-bond donors (Lipinski definition) is 0. The molecule has 1 unspecified atom stereocenters. The van der Waals surface area contributed by atoms with Crippen LogP contribution in [0.5, 0.6) is 5.75 Å². The molecule has 0 saturated carbocycles. The third-order valence-corrected chi connectivity index (χ3v) is 5.87. The molecule has 0 aliphatic carbocycles. The molecule has 0 aliphatic rings. The smallest absolute Gasteiger partial charge is 0.132 e. The quantitative estimate of drug-likeness (QED) is 0.728. The molecule has 0 saturated heterocycles. The molecule has 1 atom stereocenters. The first-order chi connectivity index (χ1) is 6.11. The molecule has 0 aromatic heterocycles. The van der Waals surface area contributed by atoms with Crippen LogP contribution >= 0.6 is 31.5 Å². The van der Waals surface area contributed by atoms with Crippen molar-refractivity contribution in [3.05, 3.63) is 24.3 Å². The number of methoxy groups -OCH3 is 1. The van der Waals surface area contributed by atoms with Crippen molar-refractivity contribution in [2.45, 2.75) is 4.90 Å². The van der Waals surface area contributed by atoms with Gasteiger partial charge in [-0.15, -0.1) is 20.8 Å². The van der Waals surface area contributed by atoms with Gasteiger partial charge < -0.3 is 4.74 Å². The van der Waals surface area contributed by atoms with E-state index in [4.69, 9.17) is 27.0 Å². The van der Waals surface area contributed by atoms with Gasteiger partial charge in [-0.3, -0.25) is 0 Å². The van der Waals surface area contributed by atoms with E-state index < -0.39 is 9.24 Å². The lowest BCUT2D eigenvalue weighted by molar-refractivity contribution is 0.404. The van der Waals surface area contributed by atoms with Gasteiger partial charge in [-0.05, 0) is 18.4 Å². The maximum absolute atomic E-state index is 6.30. The fourth-order valence-corrected chi connectivity index (χ4v) is 2.81. The van der Waals surface area contributed by atoms with Gasteiger partial charge in [-0.25, -0.2) is 0 Å². The van der Waals surface area contributed by atoms with Gasteiger partial charge in [-0.2, -0.15) is 0 Å². The topological polar surface area (TPSA) is 9.23 Å². The Morgan fingerprint density at radius 2 is 2.00 bits per heavy atom. The minimum atomic E-state index is -1.43. The average Bonchev–Trinajstić information content (AvgIpc) is 2.18. The molecule has 1 rings (SSSR count). The second kappa shape index (κ2) is 4.45. The zero-order chi connectivity index (χ0) is 9.90. The van der Waals surface area contributed by atoms with Crippen molar-refractivity contribution >= 4 is 31.5 Å². The predicted molar refractivity (Wildman–Crippen MR) is 61.3 cm³/mol. The van der Waals surface area contributed by atoms with Crippen molar-refractivity contribution in [2.24, 2.45) is 0 Å². The molecule has 74 valence electrons. The molecule has 1 aromatic rings. The van der Waals surface area contributed by atoms with Crippen molar-refractivity contribution in [1.29, 1.82) is 0 Å². The SMILES string of the molecule is COc1ccccc1S(C)(Cl)CCl. The highest BCUT2D eigenvalue weighted by molar-refractivity contribution is 8.51. The van der Waals surface area contributed by atoms with E-state index in [0.717, 1.165) is 10.6 Å². The Bertz CT molecular complexity index is 289. The van der Waals surface area contributed by atoms with E-state index in [1.807, 2.05) is 30.5 Å². The van der Waals surface area contributed by atoms with Crippen LogP contribution in [0.4, 0.5) is 0 Å². The molecule has 0 amide bonds. The van der Waals surface area contributed by atoms with Gasteiger partial charge >= 0.3 is 0 Å². The zero-order valence-electron chi connectivity index (χ0n) is 7.59. The molecule has 0 N–H and O–H groups in total. The fraction of sp³-hybridized carbons (Fsp3) is 0.333. The molecule has 0 spiro atoms. The molecular formula is C9H12Cl2OS. The maximum Gasteiger partial charge on any atom is 0.132 e. The van der Waals surface area contributed by atoms with Crippen LogP contribution in [-0.4, -0.2) is 18.6 Å². The van der Waals surface area contributed by atoms with Crippen LogP contribution in [0.15, 0.2) is 29.2 Å². The van der Waals surface area contributed by atoms with Crippen molar-refractivity contribution in [3.63, 3.8) is 0 Å². The summed E-state index contributed by atoms with van der Waals surface area (Å²) in [5.41, 5.74) is 0. The maximum atomic E-state index is 6.30. The Morgan fingerprint density at radius 3 is 2.54 bits per heavy atom. The standard InChI is InChI=1S/C9H12Cl2OS/c1-12-8-5-3-4-6-9(8)13(2,11)7-10/h3-6H,7H2,1-2H3. The molecule has 0 fully saturated rings. The Morgan fingerprint density at radius 1 is 1.38 bits per heavy atom. The molecule has 0 radical (unpaired) electrons. The number of para-hydroxylation sites is 1. The van der Waals surface area contributed by atoms with E-state index >= 15 is 0 Å². The van der Waals surface area contributed by atoms with Gasteiger partial charge in [0.15, 0.2) is 0 Å². The van der Waals surface area contributed by atoms with Crippen LogP contribution in [0.25, 0.3) is 0 Å². The summed E-state index contributed by atoms with van der Waals surface area (Å²) in [6.45, 7) is 0. The second-order valence-electron chi connectivity index (χ2n) is 2.74. The Balaban J connectivity index is 3.12. The van der Waals surface area contributed by atoms with Gasteiger partial charge in [-0.1, -0.05) is 22.8 Å². The van der Waals surface area contributed by atoms with Gasteiger partial charge in [0.25, 0.3) is 0 Å². The molecule has 13 heavy (non-hydrogen) atoms. The number of benzene rings is 1. The third kappa shape index (κ3) is 2.46.